The van der Waals surface area contributed by atoms with Gasteiger partial charge in [0.25, 0.3) is 5.91 Å². The molecule has 1 heterocycles. The largest absolute Gasteiger partial charge is 0.351 e. The highest BCUT2D eigenvalue weighted by Gasteiger charge is 2.26. The maximum Gasteiger partial charge on any atom is 0.251 e. The highest BCUT2D eigenvalue weighted by atomic mass is 16.1. The molecule has 6 nitrogen and oxygen atoms in total. The number of hydrogen-bond acceptors (Lipinski definition) is 4. The lowest BCUT2D eigenvalue weighted by molar-refractivity contribution is 0.0945. The van der Waals surface area contributed by atoms with Crippen molar-refractivity contribution in [3.63, 3.8) is 0 Å². The zero-order valence-electron chi connectivity index (χ0n) is 12.0. The molecule has 0 radical (unpaired) electrons. The number of H-pyrrole nitrogens is 1. The van der Waals surface area contributed by atoms with Crippen LogP contribution >= 0.6 is 0 Å². The normalized spacial score (nSPS) is 11.3. The summed E-state index contributed by atoms with van der Waals surface area (Å²) in [5.41, 5.74) is 1.51. The smallest absolute Gasteiger partial charge is 0.251 e. The Morgan fingerprint density at radius 2 is 2.00 bits per heavy atom. The van der Waals surface area contributed by atoms with Crippen molar-refractivity contribution < 1.29 is 4.79 Å². The summed E-state index contributed by atoms with van der Waals surface area (Å²) in [5, 5.41) is 16.8. The van der Waals surface area contributed by atoms with Crippen molar-refractivity contribution in [2.24, 2.45) is 0 Å². The number of nitrogens with one attached hydrogen (secondary N) is 2. The predicted molar refractivity (Wildman–Crippen MR) is 75.4 cm³/mol. The Morgan fingerprint density at radius 1 is 1.30 bits per heavy atom. The minimum atomic E-state index is -0.369. The molecule has 1 amide bonds. The first kappa shape index (κ1) is 14.2. The molecule has 2 N–H and O–H groups in total. The Balaban J connectivity index is 1.98. The Morgan fingerprint density at radius 3 is 2.55 bits per heavy atom. The van der Waals surface area contributed by atoms with Gasteiger partial charge in [-0.1, -0.05) is 38.1 Å². The fourth-order valence-electron chi connectivity index (χ4n) is 1.82. The Kier molecular flexibility index (Phi) is 4.12. The van der Waals surface area contributed by atoms with Crippen LogP contribution in [0.15, 0.2) is 24.3 Å². The summed E-state index contributed by atoms with van der Waals surface area (Å²) in [6, 6.07) is 7.63. The second kappa shape index (κ2) is 5.81. The summed E-state index contributed by atoms with van der Waals surface area (Å²) < 4.78 is 0. The fourth-order valence-corrected chi connectivity index (χ4v) is 1.82. The van der Waals surface area contributed by atoms with Gasteiger partial charge in [0.2, 0.25) is 0 Å². The van der Waals surface area contributed by atoms with Crippen molar-refractivity contribution in [2.75, 3.05) is 6.54 Å². The molecule has 0 saturated heterocycles. The van der Waals surface area contributed by atoms with Crippen LogP contribution in [0.1, 0.15) is 42.5 Å². The molecule has 0 bridgehead atoms. The molecule has 0 aliphatic rings. The first-order valence-corrected chi connectivity index (χ1v) is 6.64. The average Bonchev–Trinajstić information content (AvgIpc) is 3.00. The van der Waals surface area contributed by atoms with E-state index in [2.05, 4.69) is 32.9 Å². The van der Waals surface area contributed by atoms with Gasteiger partial charge in [0, 0.05) is 17.5 Å². The lowest BCUT2D eigenvalue weighted by atomic mass is 9.92. The van der Waals surface area contributed by atoms with Crippen LogP contribution in [0.3, 0.4) is 0 Å². The van der Waals surface area contributed by atoms with E-state index in [9.17, 15) is 4.79 Å². The molecule has 2 rings (SSSR count). The molecule has 0 unspecified atom stereocenters. The van der Waals surface area contributed by atoms with E-state index in [4.69, 9.17) is 0 Å². The monoisotopic (exact) mass is 273 g/mol. The van der Waals surface area contributed by atoms with Gasteiger partial charge in [0.1, 0.15) is 0 Å². The number of carbonyl (C=O) groups is 1. The van der Waals surface area contributed by atoms with Crippen molar-refractivity contribution in [1.29, 1.82) is 0 Å². The molecule has 1 aromatic heterocycles. The van der Waals surface area contributed by atoms with Crippen LogP contribution in [0.4, 0.5) is 0 Å². The van der Waals surface area contributed by atoms with E-state index in [1.165, 1.54) is 5.56 Å². The minimum Gasteiger partial charge on any atom is -0.351 e. The number of rotatable bonds is 5. The second-order valence-corrected chi connectivity index (χ2v) is 5.35. The molecule has 0 spiro atoms. The molecule has 0 fully saturated rings. The summed E-state index contributed by atoms with van der Waals surface area (Å²) in [7, 11) is 0. The van der Waals surface area contributed by atoms with Gasteiger partial charge in [-0.15, -0.1) is 10.2 Å². The van der Waals surface area contributed by atoms with Gasteiger partial charge < -0.3 is 5.32 Å². The van der Waals surface area contributed by atoms with Crippen LogP contribution < -0.4 is 5.32 Å². The topological polar surface area (TPSA) is 83.6 Å². The molecular weight excluding hydrogens is 254 g/mol. The molecule has 1 aromatic carbocycles. The van der Waals surface area contributed by atoms with Crippen molar-refractivity contribution >= 4 is 5.91 Å². The number of nitrogens with zero attached hydrogens (tertiary/aromatic N) is 3. The lowest BCUT2D eigenvalue weighted by Gasteiger charge is -2.20. The van der Waals surface area contributed by atoms with E-state index in [0.29, 0.717) is 17.9 Å². The lowest BCUT2D eigenvalue weighted by Crippen LogP contribution is -2.37. The molecule has 2 aromatic rings. The van der Waals surface area contributed by atoms with Gasteiger partial charge in [0.15, 0.2) is 5.82 Å². The standard InChI is InChI=1S/C14H19N5O/c1-4-10-5-7-11(8-6-10)12(20)15-9-14(2,3)13-16-18-19-17-13/h5-8H,4,9H2,1-3H3,(H,15,20)(H,16,17,18,19). The van der Waals surface area contributed by atoms with Crippen LogP contribution in [-0.4, -0.2) is 33.1 Å². The van der Waals surface area contributed by atoms with Crippen molar-refractivity contribution in [3.8, 4) is 0 Å². The molecule has 0 atom stereocenters. The number of aryl methyl sites for hydroxylation is 1. The maximum absolute atomic E-state index is 12.1. The quantitative estimate of drug-likeness (QED) is 0.864. The maximum atomic E-state index is 12.1. The zero-order valence-corrected chi connectivity index (χ0v) is 12.0. The van der Waals surface area contributed by atoms with E-state index in [-0.39, 0.29) is 11.3 Å². The number of amides is 1. The van der Waals surface area contributed by atoms with E-state index in [1.54, 1.807) is 0 Å². The summed E-state index contributed by atoms with van der Waals surface area (Å²) in [6.07, 6.45) is 0.965. The number of benzene rings is 1. The van der Waals surface area contributed by atoms with E-state index in [1.807, 2.05) is 38.1 Å². The third-order valence-electron chi connectivity index (χ3n) is 3.27. The first-order chi connectivity index (χ1) is 9.53. The van der Waals surface area contributed by atoms with Crippen LogP contribution in [0, 0.1) is 0 Å². The highest BCUT2D eigenvalue weighted by molar-refractivity contribution is 5.94. The Bertz CT molecular complexity index is 560. The minimum absolute atomic E-state index is 0.0933. The molecule has 106 valence electrons. The first-order valence-electron chi connectivity index (χ1n) is 6.64. The SMILES string of the molecule is CCc1ccc(C(=O)NCC(C)(C)c2nn[nH]n2)cc1. The van der Waals surface area contributed by atoms with Gasteiger partial charge >= 0.3 is 0 Å². The summed E-state index contributed by atoms with van der Waals surface area (Å²) in [4.78, 5) is 12.1. The number of aromatic amines is 1. The van der Waals surface area contributed by atoms with E-state index < -0.39 is 0 Å². The van der Waals surface area contributed by atoms with Gasteiger partial charge in [-0.25, -0.2) is 0 Å². The predicted octanol–water partition coefficient (Wildman–Crippen LogP) is 1.47. The number of aromatic nitrogens is 4. The fraction of sp³-hybridized carbons (Fsp3) is 0.429. The molecular formula is C14H19N5O. The van der Waals surface area contributed by atoms with E-state index in [0.717, 1.165) is 6.42 Å². The van der Waals surface area contributed by atoms with Gasteiger partial charge in [-0.3, -0.25) is 4.79 Å². The molecule has 0 aliphatic heterocycles. The summed E-state index contributed by atoms with van der Waals surface area (Å²) in [6.45, 7) is 6.44. The second-order valence-electron chi connectivity index (χ2n) is 5.35. The number of tetrazole rings is 1. The van der Waals surface area contributed by atoms with E-state index >= 15 is 0 Å². The van der Waals surface area contributed by atoms with Crippen molar-refractivity contribution in [1.82, 2.24) is 25.9 Å². The molecule has 0 saturated carbocycles. The van der Waals surface area contributed by atoms with Crippen molar-refractivity contribution in [3.05, 3.63) is 41.2 Å². The molecule has 6 heteroatoms. The van der Waals surface area contributed by atoms with Gasteiger partial charge in [-0.05, 0) is 24.1 Å². The van der Waals surface area contributed by atoms with Crippen LogP contribution in [-0.2, 0) is 11.8 Å². The summed E-state index contributed by atoms with van der Waals surface area (Å²) in [5.74, 6) is 0.489. The molecule has 20 heavy (non-hydrogen) atoms. The zero-order chi connectivity index (χ0) is 14.6. The number of hydrogen-bond donors (Lipinski definition) is 2. The Hall–Kier alpha value is -2.24. The van der Waals surface area contributed by atoms with Crippen LogP contribution in [0.5, 0.6) is 0 Å². The highest BCUT2D eigenvalue weighted by Crippen LogP contribution is 2.16. The third-order valence-corrected chi connectivity index (χ3v) is 3.27. The third kappa shape index (κ3) is 3.20. The Labute approximate surface area is 118 Å². The van der Waals surface area contributed by atoms with Gasteiger partial charge in [-0.2, -0.15) is 5.21 Å². The van der Waals surface area contributed by atoms with Gasteiger partial charge in [0.05, 0.1) is 0 Å². The van der Waals surface area contributed by atoms with Crippen LogP contribution in [0.25, 0.3) is 0 Å². The molecule has 0 aliphatic carbocycles. The summed E-state index contributed by atoms with van der Waals surface area (Å²) >= 11 is 0. The average molecular weight is 273 g/mol. The van der Waals surface area contributed by atoms with Crippen molar-refractivity contribution in [2.45, 2.75) is 32.6 Å². The number of carbonyl (C=O) groups excluding carboxylic acids is 1. The van der Waals surface area contributed by atoms with Crippen LogP contribution in [0.2, 0.25) is 0 Å².